The fourth-order valence-electron chi connectivity index (χ4n) is 4.67. The van der Waals surface area contributed by atoms with Gasteiger partial charge in [0, 0.05) is 36.7 Å². The Bertz CT molecular complexity index is 1010. The van der Waals surface area contributed by atoms with E-state index in [-0.39, 0.29) is 18.1 Å². The summed E-state index contributed by atoms with van der Waals surface area (Å²) in [5.41, 5.74) is 1.60. The molecule has 2 aromatic carbocycles. The third-order valence-corrected chi connectivity index (χ3v) is 6.94. The first-order valence-corrected chi connectivity index (χ1v) is 12.2. The molecule has 1 saturated carbocycles. The summed E-state index contributed by atoms with van der Waals surface area (Å²) < 4.78 is 24.3. The van der Waals surface area contributed by atoms with Crippen LogP contribution in [0.1, 0.15) is 48.0 Å². The molecule has 2 aromatic rings. The molecule has 0 spiro atoms. The number of carbonyl (C=O) groups is 2. The Hall–Kier alpha value is -2.97. The summed E-state index contributed by atoms with van der Waals surface area (Å²) in [5.74, 6) is 0.312. The summed E-state index contributed by atoms with van der Waals surface area (Å²) in [7, 11) is 1.66. The quantitative estimate of drug-likeness (QED) is 0.480. The van der Waals surface area contributed by atoms with Gasteiger partial charge in [0.15, 0.2) is 0 Å². The fraction of sp³-hybridized carbons (Fsp3) is 0.481. The number of nitrogens with one attached hydrogen (secondary N) is 2. The summed E-state index contributed by atoms with van der Waals surface area (Å²) in [6.07, 6.45) is 2.97. The molecule has 35 heavy (non-hydrogen) atoms. The number of rotatable bonds is 11. The second-order valence-electron chi connectivity index (χ2n) is 9.51. The van der Waals surface area contributed by atoms with E-state index < -0.39 is 17.8 Å². The molecule has 2 N–H and O–H groups in total. The molecule has 1 heterocycles. The molecule has 2 amide bonds. The van der Waals surface area contributed by atoms with Gasteiger partial charge >= 0.3 is 0 Å². The summed E-state index contributed by atoms with van der Waals surface area (Å²) in [5, 5.41) is 6.34. The van der Waals surface area contributed by atoms with Crippen molar-refractivity contribution in [3.05, 3.63) is 65.5 Å². The van der Waals surface area contributed by atoms with Crippen LogP contribution in [0.5, 0.6) is 5.75 Å². The summed E-state index contributed by atoms with van der Waals surface area (Å²) in [6.45, 7) is 4.72. The lowest BCUT2D eigenvalue weighted by molar-refractivity contribution is -0.133. The van der Waals surface area contributed by atoms with E-state index in [1.165, 1.54) is 29.8 Å². The maximum Gasteiger partial charge on any atom is 0.251 e. The number of methoxy groups -OCH3 is 1. The van der Waals surface area contributed by atoms with Gasteiger partial charge in [0.05, 0.1) is 20.3 Å². The smallest absolute Gasteiger partial charge is 0.251 e. The maximum absolute atomic E-state index is 13.2. The minimum absolute atomic E-state index is 0.0134. The van der Waals surface area contributed by atoms with Crippen molar-refractivity contribution in [2.75, 3.05) is 40.0 Å². The van der Waals surface area contributed by atoms with Crippen molar-refractivity contribution in [1.29, 1.82) is 0 Å². The van der Waals surface area contributed by atoms with Gasteiger partial charge < -0.3 is 25.0 Å². The van der Waals surface area contributed by atoms with Crippen LogP contribution in [-0.4, -0.2) is 68.3 Å². The maximum atomic E-state index is 13.2. The van der Waals surface area contributed by atoms with Crippen LogP contribution >= 0.6 is 0 Å². The van der Waals surface area contributed by atoms with E-state index in [4.69, 9.17) is 9.47 Å². The zero-order valence-corrected chi connectivity index (χ0v) is 20.4. The minimum Gasteiger partial charge on any atom is -0.497 e. The molecule has 0 bridgehead atoms. The highest BCUT2D eigenvalue weighted by Gasteiger charge is 2.50. The third kappa shape index (κ3) is 6.38. The topological polar surface area (TPSA) is 79.9 Å². The monoisotopic (exact) mass is 483 g/mol. The van der Waals surface area contributed by atoms with Crippen LogP contribution in [0.25, 0.3) is 0 Å². The summed E-state index contributed by atoms with van der Waals surface area (Å²) >= 11 is 0. The van der Waals surface area contributed by atoms with Crippen molar-refractivity contribution in [2.45, 2.75) is 43.7 Å². The number of amides is 2. The van der Waals surface area contributed by atoms with Crippen LogP contribution < -0.4 is 15.4 Å². The molecular formula is C27H34FN3O4. The second kappa shape index (κ2) is 11.2. The highest BCUT2D eigenvalue weighted by atomic mass is 19.1. The normalized spacial score (nSPS) is 22.0. The third-order valence-electron chi connectivity index (χ3n) is 6.94. The Kier molecular flexibility index (Phi) is 8.03. The molecule has 1 saturated heterocycles. The van der Waals surface area contributed by atoms with Crippen LogP contribution in [0, 0.1) is 5.82 Å². The molecular weight excluding hydrogens is 449 g/mol. The largest absolute Gasteiger partial charge is 0.497 e. The average molecular weight is 484 g/mol. The highest BCUT2D eigenvalue weighted by molar-refractivity contribution is 5.97. The molecule has 0 aromatic heterocycles. The molecule has 7 nitrogen and oxygen atoms in total. The van der Waals surface area contributed by atoms with Gasteiger partial charge in [0.25, 0.3) is 5.91 Å². The van der Waals surface area contributed by atoms with Crippen molar-refractivity contribution in [3.8, 4) is 5.75 Å². The van der Waals surface area contributed by atoms with Crippen LogP contribution in [0.4, 0.5) is 4.39 Å². The average Bonchev–Trinajstić information content (AvgIpc) is 3.26. The standard InChI is InChI=1S/C27H34FN3O4/c1-27(17-23(27)19-7-11-22(34-2)12-8-19)29-13-16-35-18-24(26(33)31-14-3-4-15-31)30-25(32)20-5-9-21(28)10-6-20/h5-12,23-24,29H,3-4,13-18H2,1-2H3,(H,30,32). The van der Waals surface area contributed by atoms with E-state index in [2.05, 4.69) is 29.7 Å². The van der Waals surface area contributed by atoms with Gasteiger partial charge in [-0.2, -0.15) is 0 Å². The molecule has 3 unspecified atom stereocenters. The molecule has 2 fully saturated rings. The van der Waals surface area contributed by atoms with E-state index >= 15 is 0 Å². The van der Waals surface area contributed by atoms with Gasteiger partial charge in [-0.1, -0.05) is 12.1 Å². The number of likely N-dealkylation sites (tertiary alicyclic amines) is 1. The molecule has 3 atom stereocenters. The van der Waals surface area contributed by atoms with Crippen molar-refractivity contribution in [3.63, 3.8) is 0 Å². The van der Waals surface area contributed by atoms with E-state index in [1.807, 2.05) is 12.1 Å². The Morgan fingerprint density at radius 2 is 1.80 bits per heavy atom. The molecule has 1 aliphatic carbocycles. The molecule has 188 valence electrons. The van der Waals surface area contributed by atoms with Gasteiger partial charge in [-0.05, 0) is 68.1 Å². The Labute approximate surface area is 206 Å². The van der Waals surface area contributed by atoms with E-state index in [9.17, 15) is 14.0 Å². The lowest BCUT2D eigenvalue weighted by Gasteiger charge is -2.24. The van der Waals surface area contributed by atoms with Crippen molar-refractivity contribution in [1.82, 2.24) is 15.5 Å². The second-order valence-corrected chi connectivity index (χ2v) is 9.51. The molecule has 8 heteroatoms. The van der Waals surface area contributed by atoms with Crippen LogP contribution in [0.3, 0.4) is 0 Å². The SMILES string of the molecule is COc1ccc(C2CC2(C)NCCOCC(NC(=O)c2ccc(F)cc2)C(=O)N2CCCC2)cc1. The van der Waals surface area contributed by atoms with Gasteiger partial charge in [-0.3, -0.25) is 9.59 Å². The van der Waals surface area contributed by atoms with Crippen molar-refractivity contribution < 1.29 is 23.5 Å². The van der Waals surface area contributed by atoms with Crippen molar-refractivity contribution >= 4 is 11.8 Å². The lowest BCUT2D eigenvalue weighted by Crippen LogP contribution is -2.50. The Morgan fingerprint density at radius 1 is 1.11 bits per heavy atom. The fourth-order valence-corrected chi connectivity index (χ4v) is 4.67. The number of benzene rings is 2. The number of hydrogen-bond donors (Lipinski definition) is 2. The van der Waals surface area contributed by atoms with Gasteiger partial charge in [0.1, 0.15) is 17.6 Å². The number of hydrogen-bond acceptors (Lipinski definition) is 5. The van der Waals surface area contributed by atoms with Crippen LogP contribution in [-0.2, 0) is 9.53 Å². The predicted molar refractivity (Wildman–Crippen MR) is 131 cm³/mol. The number of halogens is 1. The molecule has 2 aliphatic rings. The number of ether oxygens (including phenoxy) is 2. The van der Waals surface area contributed by atoms with Crippen LogP contribution in [0.2, 0.25) is 0 Å². The predicted octanol–water partition coefficient (Wildman–Crippen LogP) is 3.11. The molecule has 1 aliphatic heterocycles. The van der Waals surface area contributed by atoms with E-state index in [1.54, 1.807) is 12.0 Å². The minimum atomic E-state index is -0.783. The molecule has 0 radical (unpaired) electrons. The van der Waals surface area contributed by atoms with E-state index in [0.717, 1.165) is 25.0 Å². The van der Waals surface area contributed by atoms with Gasteiger partial charge in [-0.15, -0.1) is 0 Å². The first kappa shape index (κ1) is 25.1. The zero-order valence-electron chi connectivity index (χ0n) is 20.4. The van der Waals surface area contributed by atoms with Gasteiger partial charge in [-0.25, -0.2) is 4.39 Å². The number of carbonyl (C=O) groups excluding carboxylic acids is 2. The van der Waals surface area contributed by atoms with Crippen molar-refractivity contribution in [2.24, 2.45) is 0 Å². The zero-order chi connectivity index (χ0) is 24.8. The first-order chi connectivity index (χ1) is 16.9. The first-order valence-electron chi connectivity index (χ1n) is 12.2. The Balaban J connectivity index is 1.26. The Morgan fingerprint density at radius 3 is 2.46 bits per heavy atom. The molecule has 4 rings (SSSR count). The van der Waals surface area contributed by atoms with Gasteiger partial charge in [0.2, 0.25) is 5.91 Å². The van der Waals surface area contributed by atoms with E-state index in [0.29, 0.717) is 37.7 Å². The number of nitrogens with zero attached hydrogens (tertiary/aromatic N) is 1. The highest BCUT2D eigenvalue weighted by Crippen LogP contribution is 2.51. The summed E-state index contributed by atoms with van der Waals surface area (Å²) in [6, 6.07) is 12.7. The summed E-state index contributed by atoms with van der Waals surface area (Å²) in [4.78, 5) is 27.4. The van der Waals surface area contributed by atoms with Crippen LogP contribution in [0.15, 0.2) is 48.5 Å². The lowest BCUT2D eigenvalue weighted by atomic mass is 10.1.